The number of anilines is 2. The average Bonchev–Trinajstić information content (AvgIpc) is 2.69. The predicted molar refractivity (Wildman–Crippen MR) is 108 cm³/mol. The zero-order valence-corrected chi connectivity index (χ0v) is 14.9. The van der Waals surface area contributed by atoms with Crippen molar-refractivity contribution in [2.75, 3.05) is 10.6 Å². The molecule has 0 radical (unpaired) electrons. The van der Waals surface area contributed by atoms with Crippen LogP contribution >= 0.6 is 0 Å². The lowest BCUT2D eigenvalue weighted by Crippen LogP contribution is -2.13. The van der Waals surface area contributed by atoms with Crippen molar-refractivity contribution in [1.82, 2.24) is 0 Å². The van der Waals surface area contributed by atoms with Crippen molar-refractivity contribution in [3.8, 4) is 17.2 Å². The summed E-state index contributed by atoms with van der Waals surface area (Å²) in [5.74, 6) is 0.0929. The van der Waals surface area contributed by atoms with Gasteiger partial charge in [0.25, 0.3) is 5.91 Å². The lowest BCUT2D eigenvalue weighted by atomic mass is 10.1. The first kappa shape index (κ1) is 18.7. The van der Waals surface area contributed by atoms with Crippen molar-refractivity contribution in [2.45, 2.75) is 0 Å². The second kappa shape index (κ2) is 8.55. The van der Waals surface area contributed by atoms with E-state index in [4.69, 9.17) is 4.74 Å². The second-order valence-electron chi connectivity index (χ2n) is 5.82. The number of phenolic OH excluding ortho intramolecular Hbond substituents is 1. The van der Waals surface area contributed by atoms with Crippen LogP contribution in [-0.4, -0.2) is 16.9 Å². The highest BCUT2D eigenvalue weighted by Gasteiger charge is 2.13. The van der Waals surface area contributed by atoms with Crippen LogP contribution in [0.2, 0.25) is 0 Å². The molecule has 6 heteroatoms. The molecular formula is C22H18N2O4. The summed E-state index contributed by atoms with van der Waals surface area (Å²) < 4.78 is 5.74. The van der Waals surface area contributed by atoms with Crippen molar-refractivity contribution >= 4 is 23.2 Å². The van der Waals surface area contributed by atoms with Crippen LogP contribution in [0.25, 0.3) is 0 Å². The summed E-state index contributed by atoms with van der Waals surface area (Å²) in [5, 5.41) is 15.3. The van der Waals surface area contributed by atoms with Gasteiger partial charge in [-0.05, 0) is 42.5 Å². The van der Waals surface area contributed by atoms with Gasteiger partial charge in [0.15, 0.2) is 0 Å². The van der Waals surface area contributed by atoms with E-state index in [1.54, 1.807) is 24.3 Å². The Kier molecular flexibility index (Phi) is 5.72. The van der Waals surface area contributed by atoms with Crippen LogP contribution in [0.5, 0.6) is 17.2 Å². The number of phenols is 1. The molecule has 2 amide bonds. The smallest absolute Gasteiger partial charge is 0.259 e. The molecule has 0 aliphatic rings. The van der Waals surface area contributed by atoms with Crippen LogP contribution in [-0.2, 0) is 4.79 Å². The van der Waals surface area contributed by atoms with E-state index in [9.17, 15) is 14.7 Å². The molecule has 0 aliphatic heterocycles. The fourth-order valence-corrected chi connectivity index (χ4v) is 2.46. The largest absolute Gasteiger partial charge is 0.507 e. The van der Waals surface area contributed by atoms with E-state index in [0.717, 1.165) is 6.08 Å². The summed E-state index contributed by atoms with van der Waals surface area (Å²) in [6.07, 6.45) is 1.11. The standard InChI is InChI=1S/C22H18N2O4/c1-2-21(26)23-16-11-12-19(20(25)14-16)22(27)24-15-7-6-10-18(13-15)28-17-8-4-3-5-9-17/h2-14,25H,1H2,(H,23,26)(H,24,27). The van der Waals surface area contributed by atoms with Gasteiger partial charge in [0.05, 0.1) is 5.56 Å². The Hall–Kier alpha value is -4.06. The third-order valence-corrected chi connectivity index (χ3v) is 3.77. The Balaban J connectivity index is 1.71. The molecule has 3 rings (SSSR count). The van der Waals surface area contributed by atoms with Gasteiger partial charge in [0.1, 0.15) is 17.2 Å². The van der Waals surface area contributed by atoms with Crippen LogP contribution < -0.4 is 15.4 Å². The van der Waals surface area contributed by atoms with Crippen LogP contribution in [0.4, 0.5) is 11.4 Å². The lowest BCUT2D eigenvalue weighted by Gasteiger charge is -2.10. The SMILES string of the molecule is C=CC(=O)Nc1ccc(C(=O)Nc2cccc(Oc3ccccc3)c2)c(O)c1. The van der Waals surface area contributed by atoms with Crippen LogP contribution in [0, 0.1) is 0 Å². The maximum atomic E-state index is 12.5. The second-order valence-corrected chi connectivity index (χ2v) is 5.82. The molecule has 140 valence electrons. The molecule has 0 bridgehead atoms. The minimum absolute atomic E-state index is 0.0750. The number of hydrogen-bond donors (Lipinski definition) is 3. The number of benzene rings is 3. The summed E-state index contributed by atoms with van der Waals surface area (Å²) in [6, 6.07) is 20.4. The molecular weight excluding hydrogens is 356 g/mol. The molecule has 3 aromatic rings. The Morgan fingerprint density at radius 2 is 1.57 bits per heavy atom. The molecule has 0 saturated heterocycles. The molecule has 0 atom stereocenters. The third kappa shape index (κ3) is 4.76. The Morgan fingerprint density at radius 3 is 2.29 bits per heavy atom. The number of para-hydroxylation sites is 1. The first-order valence-electron chi connectivity index (χ1n) is 8.46. The number of carbonyl (C=O) groups excluding carboxylic acids is 2. The van der Waals surface area contributed by atoms with Gasteiger partial charge in [-0.2, -0.15) is 0 Å². The van der Waals surface area contributed by atoms with Gasteiger partial charge in [0, 0.05) is 23.5 Å². The molecule has 0 aromatic heterocycles. The van der Waals surface area contributed by atoms with Crippen molar-refractivity contribution in [3.05, 3.63) is 91.0 Å². The number of rotatable bonds is 6. The minimum Gasteiger partial charge on any atom is -0.507 e. The van der Waals surface area contributed by atoms with E-state index in [1.807, 2.05) is 30.3 Å². The highest BCUT2D eigenvalue weighted by molar-refractivity contribution is 6.07. The number of carbonyl (C=O) groups is 2. The summed E-state index contributed by atoms with van der Waals surface area (Å²) in [5.41, 5.74) is 0.949. The van der Waals surface area contributed by atoms with Crippen molar-refractivity contribution in [1.29, 1.82) is 0 Å². The molecule has 0 unspecified atom stereocenters. The number of amides is 2. The van der Waals surface area contributed by atoms with Gasteiger partial charge in [0.2, 0.25) is 5.91 Å². The van der Waals surface area contributed by atoms with Crippen molar-refractivity contribution < 1.29 is 19.4 Å². The van der Waals surface area contributed by atoms with Gasteiger partial charge < -0.3 is 20.5 Å². The van der Waals surface area contributed by atoms with Crippen molar-refractivity contribution in [3.63, 3.8) is 0 Å². The van der Waals surface area contributed by atoms with E-state index in [-0.39, 0.29) is 11.3 Å². The van der Waals surface area contributed by atoms with Crippen molar-refractivity contribution in [2.24, 2.45) is 0 Å². The first-order valence-corrected chi connectivity index (χ1v) is 8.46. The maximum Gasteiger partial charge on any atom is 0.259 e. The molecule has 0 spiro atoms. The quantitative estimate of drug-likeness (QED) is 0.552. The molecule has 0 fully saturated rings. The Labute approximate surface area is 162 Å². The van der Waals surface area contributed by atoms with Gasteiger partial charge in [-0.3, -0.25) is 9.59 Å². The minimum atomic E-state index is -0.490. The summed E-state index contributed by atoms with van der Waals surface area (Å²) in [4.78, 5) is 23.8. The van der Waals surface area contributed by atoms with Crippen LogP contribution in [0.3, 0.4) is 0 Å². The third-order valence-electron chi connectivity index (χ3n) is 3.77. The zero-order chi connectivity index (χ0) is 19.9. The van der Waals surface area contributed by atoms with E-state index in [1.165, 1.54) is 18.2 Å². The fourth-order valence-electron chi connectivity index (χ4n) is 2.46. The maximum absolute atomic E-state index is 12.5. The lowest BCUT2D eigenvalue weighted by molar-refractivity contribution is -0.111. The summed E-state index contributed by atoms with van der Waals surface area (Å²) in [6.45, 7) is 3.36. The first-order chi connectivity index (χ1) is 13.5. The number of ether oxygens (including phenoxy) is 1. The monoisotopic (exact) mass is 374 g/mol. The van der Waals surface area contributed by atoms with E-state index in [0.29, 0.717) is 22.9 Å². The number of hydrogen-bond acceptors (Lipinski definition) is 4. The topological polar surface area (TPSA) is 87.7 Å². The van der Waals surface area contributed by atoms with Gasteiger partial charge in [-0.25, -0.2) is 0 Å². The van der Waals surface area contributed by atoms with E-state index < -0.39 is 11.8 Å². The summed E-state index contributed by atoms with van der Waals surface area (Å²) >= 11 is 0. The highest BCUT2D eigenvalue weighted by atomic mass is 16.5. The Morgan fingerprint density at radius 1 is 0.857 bits per heavy atom. The molecule has 3 N–H and O–H groups in total. The average molecular weight is 374 g/mol. The number of nitrogens with one attached hydrogen (secondary N) is 2. The molecule has 28 heavy (non-hydrogen) atoms. The fraction of sp³-hybridized carbons (Fsp3) is 0. The van der Waals surface area contributed by atoms with E-state index >= 15 is 0 Å². The molecule has 0 aliphatic carbocycles. The van der Waals surface area contributed by atoms with Crippen LogP contribution in [0.15, 0.2) is 85.5 Å². The highest BCUT2D eigenvalue weighted by Crippen LogP contribution is 2.26. The number of aromatic hydroxyl groups is 1. The predicted octanol–water partition coefficient (Wildman–Crippen LogP) is 4.56. The molecule has 0 heterocycles. The van der Waals surface area contributed by atoms with Crippen LogP contribution in [0.1, 0.15) is 10.4 Å². The van der Waals surface area contributed by atoms with E-state index in [2.05, 4.69) is 17.2 Å². The normalized spacial score (nSPS) is 10.0. The molecule has 3 aromatic carbocycles. The van der Waals surface area contributed by atoms with Gasteiger partial charge in [-0.1, -0.05) is 30.8 Å². The van der Waals surface area contributed by atoms with Gasteiger partial charge in [-0.15, -0.1) is 0 Å². The Bertz CT molecular complexity index is 1020. The zero-order valence-electron chi connectivity index (χ0n) is 14.9. The molecule has 0 saturated carbocycles. The van der Waals surface area contributed by atoms with Gasteiger partial charge >= 0.3 is 0 Å². The molecule has 6 nitrogen and oxygen atoms in total. The summed E-state index contributed by atoms with van der Waals surface area (Å²) in [7, 11) is 0.